The third kappa shape index (κ3) is 4.02. The van der Waals surface area contributed by atoms with E-state index < -0.39 is 5.92 Å². The van der Waals surface area contributed by atoms with Gasteiger partial charge in [0.1, 0.15) is 5.78 Å². The minimum absolute atomic E-state index is 0.0121. The molecule has 0 aliphatic rings. The second kappa shape index (κ2) is 6.18. The Hall–Kier alpha value is -1.64. The van der Waals surface area contributed by atoms with Gasteiger partial charge in [-0.25, -0.2) is 0 Å². The molecule has 0 radical (unpaired) electrons. The van der Waals surface area contributed by atoms with Gasteiger partial charge in [-0.05, 0) is 26.3 Å². The van der Waals surface area contributed by atoms with E-state index >= 15 is 0 Å². The third-order valence-corrected chi connectivity index (χ3v) is 2.65. The van der Waals surface area contributed by atoms with Crippen LogP contribution in [-0.2, 0) is 14.3 Å². The molecule has 0 N–H and O–H groups in total. The van der Waals surface area contributed by atoms with Gasteiger partial charge in [0.2, 0.25) is 0 Å². The van der Waals surface area contributed by atoms with E-state index in [9.17, 15) is 9.59 Å². The van der Waals surface area contributed by atoms with Crippen molar-refractivity contribution in [3.05, 3.63) is 35.4 Å². The lowest BCUT2D eigenvalue weighted by molar-refractivity contribution is -0.144. The first-order valence-corrected chi connectivity index (χ1v) is 5.77. The van der Waals surface area contributed by atoms with E-state index in [1.165, 1.54) is 6.92 Å². The Balaban J connectivity index is 2.82. The van der Waals surface area contributed by atoms with Crippen molar-refractivity contribution in [2.45, 2.75) is 33.1 Å². The summed E-state index contributed by atoms with van der Waals surface area (Å²) >= 11 is 0. The number of aryl methyl sites for hydroxylation is 1. The largest absolute Gasteiger partial charge is 0.466 e. The number of Topliss-reactive ketones (excluding diaryl/α,β-unsaturated/α-hetero) is 1. The Kier molecular flexibility index (Phi) is 4.88. The smallest absolute Gasteiger partial charge is 0.306 e. The fraction of sp³-hybridized carbons (Fsp3) is 0.429. The molecule has 1 unspecified atom stereocenters. The van der Waals surface area contributed by atoms with Crippen molar-refractivity contribution >= 4 is 11.8 Å². The topological polar surface area (TPSA) is 43.4 Å². The van der Waals surface area contributed by atoms with Crippen LogP contribution in [0.4, 0.5) is 0 Å². The van der Waals surface area contributed by atoms with Crippen molar-refractivity contribution in [1.29, 1.82) is 0 Å². The lowest BCUT2D eigenvalue weighted by Crippen LogP contribution is -2.16. The zero-order valence-electron chi connectivity index (χ0n) is 10.5. The van der Waals surface area contributed by atoms with Gasteiger partial charge in [-0.3, -0.25) is 9.59 Å². The molecule has 0 aliphatic heterocycles. The van der Waals surface area contributed by atoms with Crippen LogP contribution >= 0.6 is 0 Å². The molecule has 0 heterocycles. The normalized spacial score (nSPS) is 11.9. The second-order valence-electron chi connectivity index (χ2n) is 4.08. The van der Waals surface area contributed by atoms with Gasteiger partial charge in [0.15, 0.2) is 0 Å². The van der Waals surface area contributed by atoms with Gasteiger partial charge in [-0.2, -0.15) is 0 Å². The van der Waals surface area contributed by atoms with Crippen LogP contribution in [0.3, 0.4) is 0 Å². The zero-order valence-corrected chi connectivity index (χ0v) is 10.5. The predicted molar refractivity (Wildman–Crippen MR) is 65.9 cm³/mol. The molecule has 1 aromatic carbocycles. The van der Waals surface area contributed by atoms with E-state index in [4.69, 9.17) is 4.74 Å². The maximum Gasteiger partial charge on any atom is 0.306 e. The molecule has 1 atom stereocenters. The summed E-state index contributed by atoms with van der Waals surface area (Å²) in [5, 5.41) is 0. The minimum Gasteiger partial charge on any atom is -0.466 e. The standard InChI is InChI=1S/C14H18O3/c1-4-17-14(16)9-13(11(3)15)12-7-5-10(2)6-8-12/h5-8,13H,4,9H2,1-3H3. The van der Waals surface area contributed by atoms with Crippen LogP contribution in [0.25, 0.3) is 0 Å². The number of ether oxygens (including phenoxy) is 1. The van der Waals surface area contributed by atoms with E-state index in [1.807, 2.05) is 31.2 Å². The number of rotatable bonds is 5. The highest BCUT2D eigenvalue weighted by Crippen LogP contribution is 2.21. The van der Waals surface area contributed by atoms with E-state index in [1.54, 1.807) is 6.92 Å². The molecule has 92 valence electrons. The molecule has 3 heteroatoms. The fourth-order valence-corrected chi connectivity index (χ4v) is 1.68. The minimum atomic E-state index is -0.394. The SMILES string of the molecule is CCOC(=O)CC(C(C)=O)c1ccc(C)cc1. The summed E-state index contributed by atoms with van der Waals surface area (Å²) in [6.45, 7) is 5.59. The molecule has 0 saturated heterocycles. The number of carbonyl (C=O) groups is 2. The van der Waals surface area contributed by atoms with Crippen molar-refractivity contribution in [3.8, 4) is 0 Å². The number of hydrogen-bond acceptors (Lipinski definition) is 3. The number of carbonyl (C=O) groups excluding carboxylic acids is 2. The average molecular weight is 234 g/mol. The van der Waals surface area contributed by atoms with Crippen LogP contribution < -0.4 is 0 Å². The molecule has 3 nitrogen and oxygen atoms in total. The Morgan fingerprint density at radius 2 is 1.82 bits per heavy atom. The summed E-state index contributed by atoms with van der Waals surface area (Å²) in [6.07, 6.45) is 0.117. The second-order valence-corrected chi connectivity index (χ2v) is 4.08. The molecule has 0 saturated carbocycles. The van der Waals surface area contributed by atoms with Gasteiger partial charge in [0, 0.05) is 0 Å². The fourth-order valence-electron chi connectivity index (χ4n) is 1.68. The molecule has 0 amide bonds. The quantitative estimate of drug-likeness (QED) is 0.735. The molecule has 17 heavy (non-hydrogen) atoms. The van der Waals surface area contributed by atoms with Gasteiger partial charge in [-0.15, -0.1) is 0 Å². The first kappa shape index (κ1) is 13.4. The van der Waals surface area contributed by atoms with Crippen LogP contribution in [-0.4, -0.2) is 18.4 Å². The van der Waals surface area contributed by atoms with E-state index in [2.05, 4.69) is 0 Å². The number of benzene rings is 1. The monoisotopic (exact) mass is 234 g/mol. The van der Waals surface area contributed by atoms with Crippen LogP contribution in [0.5, 0.6) is 0 Å². The van der Waals surface area contributed by atoms with Crippen molar-refractivity contribution < 1.29 is 14.3 Å². The Bertz CT molecular complexity index is 392. The van der Waals surface area contributed by atoms with E-state index in [-0.39, 0.29) is 18.2 Å². The van der Waals surface area contributed by atoms with Gasteiger partial charge >= 0.3 is 5.97 Å². The number of hydrogen-bond donors (Lipinski definition) is 0. The highest BCUT2D eigenvalue weighted by Gasteiger charge is 2.20. The molecule has 1 rings (SSSR count). The molecule has 0 bridgehead atoms. The summed E-state index contributed by atoms with van der Waals surface area (Å²) in [5.74, 6) is -0.732. The summed E-state index contributed by atoms with van der Waals surface area (Å²) in [7, 11) is 0. The first-order valence-electron chi connectivity index (χ1n) is 5.77. The molecule has 1 aromatic rings. The average Bonchev–Trinajstić information content (AvgIpc) is 2.27. The highest BCUT2D eigenvalue weighted by molar-refractivity contribution is 5.88. The summed E-state index contributed by atoms with van der Waals surface area (Å²) in [4.78, 5) is 23.0. The first-order chi connectivity index (χ1) is 8.04. The van der Waals surface area contributed by atoms with E-state index in [0.29, 0.717) is 6.61 Å². The van der Waals surface area contributed by atoms with Gasteiger partial charge < -0.3 is 4.74 Å². The van der Waals surface area contributed by atoms with Crippen LogP contribution in [0, 0.1) is 6.92 Å². The molecule has 0 aliphatic carbocycles. The summed E-state index contributed by atoms with van der Waals surface area (Å²) < 4.78 is 4.88. The van der Waals surface area contributed by atoms with Crippen molar-refractivity contribution in [2.75, 3.05) is 6.61 Å². The maximum atomic E-state index is 11.6. The van der Waals surface area contributed by atoms with Crippen LogP contribution in [0.15, 0.2) is 24.3 Å². The van der Waals surface area contributed by atoms with Crippen molar-refractivity contribution in [1.82, 2.24) is 0 Å². The molecule has 0 spiro atoms. The van der Waals surface area contributed by atoms with Gasteiger partial charge in [-0.1, -0.05) is 29.8 Å². The van der Waals surface area contributed by atoms with Crippen LogP contribution in [0.1, 0.15) is 37.3 Å². The van der Waals surface area contributed by atoms with Gasteiger partial charge in [0.25, 0.3) is 0 Å². The molecular weight excluding hydrogens is 216 g/mol. The molecular formula is C14H18O3. The number of esters is 1. The lowest BCUT2D eigenvalue weighted by atomic mass is 9.92. The third-order valence-electron chi connectivity index (χ3n) is 2.65. The molecule has 0 aromatic heterocycles. The Labute approximate surface area is 102 Å². The van der Waals surface area contributed by atoms with E-state index in [0.717, 1.165) is 11.1 Å². The number of ketones is 1. The van der Waals surface area contributed by atoms with Crippen molar-refractivity contribution in [3.63, 3.8) is 0 Å². The van der Waals surface area contributed by atoms with Crippen molar-refractivity contribution in [2.24, 2.45) is 0 Å². The maximum absolute atomic E-state index is 11.6. The Morgan fingerprint density at radius 3 is 2.29 bits per heavy atom. The lowest BCUT2D eigenvalue weighted by Gasteiger charge is -2.13. The molecule has 0 fully saturated rings. The van der Waals surface area contributed by atoms with Gasteiger partial charge in [0.05, 0.1) is 18.9 Å². The predicted octanol–water partition coefficient (Wildman–Crippen LogP) is 2.62. The zero-order chi connectivity index (χ0) is 12.8. The highest BCUT2D eigenvalue weighted by atomic mass is 16.5. The van der Waals surface area contributed by atoms with Crippen LogP contribution in [0.2, 0.25) is 0 Å². The summed E-state index contributed by atoms with van der Waals surface area (Å²) in [6, 6.07) is 7.66. The Morgan fingerprint density at radius 1 is 1.24 bits per heavy atom. The summed E-state index contributed by atoms with van der Waals surface area (Å²) in [5.41, 5.74) is 2.00.